The van der Waals surface area contributed by atoms with E-state index < -0.39 is 24.2 Å². The van der Waals surface area contributed by atoms with Gasteiger partial charge in [0.05, 0.1) is 18.6 Å². The molecule has 4 unspecified atom stereocenters. The molecule has 33 heavy (non-hydrogen) atoms. The first kappa shape index (κ1) is 23.0. The lowest BCUT2D eigenvalue weighted by molar-refractivity contribution is -0.137. The molecule has 1 aliphatic heterocycles. The van der Waals surface area contributed by atoms with Gasteiger partial charge in [-0.25, -0.2) is 0 Å². The van der Waals surface area contributed by atoms with E-state index in [0.29, 0.717) is 17.9 Å². The number of aliphatic hydroxyl groups is 2. The van der Waals surface area contributed by atoms with Crippen LogP contribution in [0.5, 0.6) is 5.75 Å². The number of aryl methyl sites for hydroxylation is 1. The van der Waals surface area contributed by atoms with Gasteiger partial charge in [-0.2, -0.15) is 0 Å². The third-order valence-electron chi connectivity index (χ3n) is 6.33. The Morgan fingerprint density at radius 1 is 1.12 bits per heavy atom. The molecule has 3 N–H and O–H groups in total. The molecule has 4 atom stereocenters. The molecular formula is C26H30N2O5. The number of aliphatic hydroxyl groups excluding tert-OH is 2. The summed E-state index contributed by atoms with van der Waals surface area (Å²) in [5.74, 6) is -0.292. The summed E-state index contributed by atoms with van der Waals surface area (Å²) in [6, 6.07) is 14.6. The summed E-state index contributed by atoms with van der Waals surface area (Å²) in [6.45, 7) is 4.02. The van der Waals surface area contributed by atoms with E-state index in [2.05, 4.69) is 5.32 Å². The molecule has 7 heteroatoms. The third kappa shape index (κ3) is 4.51. The van der Waals surface area contributed by atoms with Crippen molar-refractivity contribution in [2.75, 3.05) is 13.2 Å². The number of para-hydroxylation sites is 1. The number of rotatable bonds is 7. The van der Waals surface area contributed by atoms with Crippen molar-refractivity contribution in [2.24, 2.45) is 0 Å². The molecule has 0 fully saturated rings. The molecule has 0 aromatic heterocycles. The average molecular weight is 451 g/mol. The van der Waals surface area contributed by atoms with E-state index in [1.165, 1.54) is 0 Å². The fourth-order valence-electron chi connectivity index (χ4n) is 4.64. The standard InChI is InChI=1S/C26H30N2O5/c1-3-22(30)28(15-17-10-8-16(2)9-11-17)20-14-19(26(32)27-12-13-29)23-18-6-4-5-7-21(18)33-25(23)24(20)31/h4-11,14,20,23-25,29,31H,3,12-13,15H2,1-2H3,(H,27,32). The van der Waals surface area contributed by atoms with Crippen LogP contribution in [0.15, 0.2) is 60.2 Å². The molecule has 1 aliphatic carbocycles. The van der Waals surface area contributed by atoms with Crippen LogP contribution in [0.25, 0.3) is 0 Å². The van der Waals surface area contributed by atoms with Gasteiger partial charge < -0.3 is 25.2 Å². The number of ether oxygens (including phenoxy) is 1. The monoisotopic (exact) mass is 450 g/mol. The van der Waals surface area contributed by atoms with Crippen molar-refractivity contribution in [1.29, 1.82) is 0 Å². The Balaban J connectivity index is 1.74. The van der Waals surface area contributed by atoms with Crippen molar-refractivity contribution in [2.45, 2.75) is 51.0 Å². The molecule has 2 aromatic carbocycles. The Morgan fingerprint density at radius 2 is 1.85 bits per heavy atom. The zero-order chi connectivity index (χ0) is 23.5. The molecule has 2 amide bonds. The number of nitrogens with zero attached hydrogens (tertiary/aromatic N) is 1. The summed E-state index contributed by atoms with van der Waals surface area (Å²) >= 11 is 0. The predicted molar refractivity (Wildman–Crippen MR) is 124 cm³/mol. The first-order valence-corrected chi connectivity index (χ1v) is 11.3. The Bertz CT molecular complexity index is 1050. The molecule has 2 aliphatic rings. The van der Waals surface area contributed by atoms with Gasteiger partial charge >= 0.3 is 0 Å². The van der Waals surface area contributed by atoms with Gasteiger partial charge in [0, 0.05) is 30.6 Å². The minimum Gasteiger partial charge on any atom is -0.486 e. The molecule has 0 saturated carbocycles. The average Bonchev–Trinajstić information content (AvgIpc) is 3.22. The molecule has 1 heterocycles. The summed E-state index contributed by atoms with van der Waals surface area (Å²) in [5, 5.41) is 23.3. The molecule has 0 spiro atoms. The molecule has 0 saturated heterocycles. The second-order valence-electron chi connectivity index (χ2n) is 8.54. The minimum absolute atomic E-state index is 0.115. The first-order valence-electron chi connectivity index (χ1n) is 11.3. The molecule has 174 valence electrons. The number of hydrogen-bond donors (Lipinski definition) is 3. The number of amides is 2. The second kappa shape index (κ2) is 9.77. The van der Waals surface area contributed by atoms with Gasteiger partial charge in [-0.3, -0.25) is 9.59 Å². The SMILES string of the molecule is CCC(=O)N(Cc1ccc(C)cc1)C1C=C(C(=O)NCCO)C2c3ccccc3OC2C1O. The van der Waals surface area contributed by atoms with E-state index in [4.69, 9.17) is 4.74 Å². The van der Waals surface area contributed by atoms with Gasteiger partial charge in [0.15, 0.2) is 0 Å². The highest BCUT2D eigenvalue weighted by Crippen LogP contribution is 2.47. The quantitative estimate of drug-likeness (QED) is 0.600. The molecule has 0 bridgehead atoms. The summed E-state index contributed by atoms with van der Waals surface area (Å²) in [6.07, 6.45) is 0.255. The van der Waals surface area contributed by atoms with Crippen LogP contribution in [-0.2, 0) is 16.1 Å². The number of carbonyl (C=O) groups is 2. The van der Waals surface area contributed by atoms with Gasteiger partial charge in [0.25, 0.3) is 0 Å². The van der Waals surface area contributed by atoms with Crippen molar-refractivity contribution in [3.05, 3.63) is 76.9 Å². The second-order valence-corrected chi connectivity index (χ2v) is 8.54. The van der Waals surface area contributed by atoms with Crippen LogP contribution >= 0.6 is 0 Å². The van der Waals surface area contributed by atoms with E-state index in [1.54, 1.807) is 17.9 Å². The van der Waals surface area contributed by atoms with Crippen LogP contribution in [0.1, 0.15) is 36.0 Å². The molecule has 4 rings (SSSR count). The molecule has 2 aromatic rings. The van der Waals surface area contributed by atoms with E-state index in [0.717, 1.165) is 16.7 Å². The van der Waals surface area contributed by atoms with Crippen molar-refractivity contribution >= 4 is 11.8 Å². The highest BCUT2D eigenvalue weighted by atomic mass is 16.5. The van der Waals surface area contributed by atoms with Crippen LogP contribution in [0.2, 0.25) is 0 Å². The fraction of sp³-hybridized carbons (Fsp3) is 0.385. The largest absolute Gasteiger partial charge is 0.486 e. The van der Waals surface area contributed by atoms with E-state index in [9.17, 15) is 19.8 Å². The molecular weight excluding hydrogens is 420 g/mol. The summed E-state index contributed by atoms with van der Waals surface area (Å²) in [7, 11) is 0. The summed E-state index contributed by atoms with van der Waals surface area (Å²) in [5.41, 5.74) is 3.32. The molecule has 0 radical (unpaired) electrons. The number of nitrogens with one attached hydrogen (secondary N) is 1. The van der Waals surface area contributed by atoms with Gasteiger partial charge in [-0.1, -0.05) is 55.0 Å². The number of fused-ring (bicyclic) bond motifs is 3. The minimum atomic E-state index is -1.02. The maximum Gasteiger partial charge on any atom is 0.247 e. The summed E-state index contributed by atoms with van der Waals surface area (Å²) in [4.78, 5) is 27.7. The van der Waals surface area contributed by atoms with E-state index in [1.807, 2.05) is 55.5 Å². The Labute approximate surface area is 193 Å². The highest BCUT2D eigenvalue weighted by Gasteiger charge is 2.50. The number of hydrogen-bond acceptors (Lipinski definition) is 5. The van der Waals surface area contributed by atoms with Crippen LogP contribution in [0.4, 0.5) is 0 Å². The third-order valence-corrected chi connectivity index (χ3v) is 6.33. The zero-order valence-electron chi connectivity index (χ0n) is 18.9. The summed E-state index contributed by atoms with van der Waals surface area (Å²) < 4.78 is 6.11. The first-order chi connectivity index (χ1) is 15.9. The maximum absolute atomic E-state index is 13.1. The lowest BCUT2D eigenvalue weighted by Gasteiger charge is -2.40. The van der Waals surface area contributed by atoms with Crippen LogP contribution in [0.3, 0.4) is 0 Å². The number of carbonyl (C=O) groups excluding carboxylic acids is 2. The van der Waals surface area contributed by atoms with Gasteiger partial charge in [0.1, 0.15) is 18.0 Å². The van der Waals surface area contributed by atoms with Gasteiger partial charge in [0.2, 0.25) is 11.8 Å². The Morgan fingerprint density at radius 3 is 2.55 bits per heavy atom. The van der Waals surface area contributed by atoms with Crippen LogP contribution in [-0.4, -0.2) is 58.3 Å². The van der Waals surface area contributed by atoms with E-state index >= 15 is 0 Å². The van der Waals surface area contributed by atoms with Crippen molar-refractivity contribution < 1.29 is 24.5 Å². The zero-order valence-corrected chi connectivity index (χ0v) is 18.9. The Kier molecular flexibility index (Phi) is 6.81. The van der Waals surface area contributed by atoms with Gasteiger partial charge in [-0.05, 0) is 24.6 Å². The maximum atomic E-state index is 13.1. The van der Waals surface area contributed by atoms with Crippen molar-refractivity contribution in [1.82, 2.24) is 10.2 Å². The van der Waals surface area contributed by atoms with Gasteiger partial charge in [-0.15, -0.1) is 0 Å². The normalized spacial score (nSPS) is 23.1. The van der Waals surface area contributed by atoms with E-state index in [-0.39, 0.29) is 31.4 Å². The van der Waals surface area contributed by atoms with Crippen molar-refractivity contribution in [3.63, 3.8) is 0 Å². The fourth-order valence-corrected chi connectivity index (χ4v) is 4.64. The predicted octanol–water partition coefficient (Wildman–Crippen LogP) is 2.06. The molecule has 7 nitrogen and oxygen atoms in total. The van der Waals surface area contributed by atoms with Crippen molar-refractivity contribution in [3.8, 4) is 5.75 Å². The highest BCUT2D eigenvalue weighted by molar-refractivity contribution is 5.96. The lowest BCUT2D eigenvalue weighted by atomic mass is 9.77. The number of benzene rings is 2. The Hall–Kier alpha value is -3.16. The van der Waals surface area contributed by atoms with Crippen LogP contribution in [0, 0.1) is 6.92 Å². The smallest absolute Gasteiger partial charge is 0.247 e. The topological polar surface area (TPSA) is 99.1 Å². The van der Waals surface area contributed by atoms with Crippen LogP contribution < -0.4 is 10.1 Å². The lowest BCUT2D eigenvalue weighted by Crippen LogP contribution is -2.55.